The van der Waals surface area contributed by atoms with Crippen LogP contribution in [0, 0.1) is 0 Å². The van der Waals surface area contributed by atoms with Gasteiger partial charge in [-0.2, -0.15) is 0 Å². The van der Waals surface area contributed by atoms with Gasteiger partial charge in [-0.15, -0.1) is 0 Å². The Morgan fingerprint density at radius 1 is 1.04 bits per heavy atom. The van der Waals surface area contributed by atoms with Crippen molar-refractivity contribution in [1.29, 1.82) is 0 Å². The topological polar surface area (TPSA) is 73.9 Å². The fourth-order valence-electron chi connectivity index (χ4n) is 2.40. The minimum Gasteiger partial charge on any atom is -0.493 e. The van der Waals surface area contributed by atoms with E-state index in [4.69, 9.17) is 14.2 Å². The van der Waals surface area contributed by atoms with Crippen LogP contribution in [0.4, 0.5) is 0 Å². The summed E-state index contributed by atoms with van der Waals surface area (Å²) in [4.78, 5) is 24.1. The van der Waals surface area contributed by atoms with E-state index in [1.807, 2.05) is 30.3 Å². The van der Waals surface area contributed by atoms with E-state index in [0.29, 0.717) is 23.6 Å². The molecule has 1 amide bonds. The second kappa shape index (κ2) is 10.0. The summed E-state index contributed by atoms with van der Waals surface area (Å²) in [6, 6.07) is 14.8. The quantitative estimate of drug-likeness (QED) is 0.572. The SMILES string of the molecule is COc1cccc(/C=C/C(=O)O[C@H](C)C(=O)NCc2ccccc2)c1OC. The second-order valence-electron chi connectivity index (χ2n) is 5.70. The number of nitrogens with one attached hydrogen (secondary N) is 1. The largest absolute Gasteiger partial charge is 0.493 e. The van der Waals surface area contributed by atoms with Gasteiger partial charge in [-0.05, 0) is 24.6 Å². The zero-order chi connectivity index (χ0) is 19.6. The van der Waals surface area contributed by atoms with Crippen LogP contribution in [0.15, 0.2) is 54.6 Å². The lowest BCUT2D eigenvalue weighted by molar-refractivity contribution is -0.150. The Hall–Kier alpha value is -3.28. The van der Waals surface area contributed by atoms with E-state index >= 15 is 0 Å². The molecule has 0 spiro atoms. The number of carbonyl (C=O) groups is 2. The standard InChI is InChI=1S/C21H23NO5/c1-15(21(24)22-14-16-8-5-4-6-9-16)27-19(23)13-12-17-10-7-11-18(25-2)20(17)26-3/h4-13,15H,14H2,1-3H3,(H,22,24)/b13-12+/t15-/m1/s1. The average molecular weight is 369 g/mol. The molecule has 142 valence electrons. The number of hydrogen-bond acceptors (Lipinski definition) is 5. The van der Waals surface area contributed by atoms with Crippen LogP contribution < -0.4 is 14.8 Å². The number of benzene rings is 2. The third kappa shape index (κ3) is 5.88. The Kier molecular flexibility index (Phi) is 7.43. The number of rotatable bonds is 8. The number of hydrogen-bond donors (Lipinski definition) is 1. The lowest BCUT2D eigenvalue weighted by atomic mass is 10.1. The van der Waals surface area contributed by atoms with Gasteiger partial charge in [-0.1, -0.05) is 42.5 Å². The molecule has 0 aliphatic rings. The lowest BCUT2D eigenvalue weighted by Crippen LogP contribution is -2.35. The molecule has 1 N–H and O–H groups in total. The molecule has 6 nitrogen and oxygen atoms in total. The Morgan fingerprint density at radius 3 is 2.44 bits per heavy atom. The van der Waals surface area contributed by atoms with Crippen LogP contribution in [0.3, 0.4) is 0 Å². The fourth-order valence-corrected chi connectivity index (χ4v) is 2.40. The summed E-state index contributed by atoms with van der Waals surface area (Å²) >= 11 is 0. The number of methoxy groups -OCH3 is 2. The van der Waals surface area contributed by atoms with Crippen molar-refractivity contribution in [2.45, 2.75) is 19.6 Å². The van der Waals surface area contributed by atoms with Crippen LogP contribution in [-0.4, -0.2) is 32.2 Å². The maximum absolute atomic E-state index is 12.1. The maximum atomic E-state index is 12.1. The van der Waals surface area contributed by atoms with E-state index in [0.717, 1.165) is 5.56 Å². The van der Waals surface area contributed by atoms with E-state index in [9.17, 15) is 9.59 Å². The van der Waals surface area contributed by atoms with Gasteiger partial charge >= 0.3 is 5.97 Å². The zero-order valence-corrected chi connectivity index (χ0v) is 15.6. The zero-order valence-electron chi connectivity index (χ0n) is 15.6. The van der Waals surface area contributed by atoms with Crippen LogP contribution in [0.1, 0.15) is 18.1 Å². The Labute approximate surface area is 158 Å². The smallest absolute Gasteiger partial charge is 0.331 e. The molecule has 0 aromatic heterocycles. The molecule has 0 aliphatic heterocycles. The average Bonchev–Trinajstić information content (AvgIpc) is 2.70. The van der Waals surface area contributed by atoms with Crippen molar-refractivity contribution in [2.75, 3.05) is 14.2 Å². The van der Waals surface area contributed by atoms with Crippen molar-refractivity contribution in [3.8, 4) is 11.5 Å². The highest BCUT2D eigenvalue weighted by Crippen LogP contribution is 2.31. The summed E-state index contributed by atoms with van der Waals surface area (Å²) in [5.74, 6) is 0.0844. The maximum Gasteiger partial charge on any atom is 0.331 e. The summed E-state index contributed by atoms with van der Waals surface area (Å²) in [6.07, 6.45) is 1.90. The molecule has 2 aromatic carbocycles. The predicted molar refractivity (Wildman–Crippen MR) is 102 cm³/mol. The molecule has 2 rings (SSSR count). The van der Waals surface area contributed by atoms with E-state index in [2.05, 4.69) is 5.32 Å². The molecule has 0 bridgehead atoms. The number of para-hydroxylation sites is 1. The molecular weight excluding hydrogens is 346 g/mol. The van der Waals surface area contributed by atoms with Gasteiger partial charge < -0.3 is 19.5 Å². The molecule has 0 saturated heterocycles. The Balaban J connectivity index is 1.91. The highest BCUT2D eigenvalue weighted by atomic mass is 16.5. The highest BCUT2D eigenvalue weighted by Gasteiger charge is 2.16. The molecule has 0 saturated carbocycles. The lowest BCUT2D eigenvalue weighted by Gasteiger charge is -2.12. The van der Waals surface area contributed by atoms with E-state index < -0.39 is 12.1 Å². The summed E-state index contributed by atoms with van der Waals surface area (Å²) in [7, 11) is 3.06. The third-order valence-corrected chi connectivity index (χ3v) is 3.80. The van der Waals surface area contributed by atoms with Gasteiger partial charge in [0, 0.05) is 18.2 Å². The van der Waals surface area contributed by atoms with Crippen LogP contribution >= 0.6 is 0 Å². The normalized spacial score (nSPS) is 11.7. The van der Waals surface area contributed by atoms with Gasteiger partial charge in [0.1, 0.15) is 0 Å². The van der Waals surface area contributed by atoms with Crippen LogP contribution in [-0.2, 0) is 20.9 Å². The minimum atomic E-state index is -0.905. The molecule has 6 heteroatoms. The molecule has 0 heterocycles. The van der Waals surface area contributed by atoms with Crippen LogP contribution in [0.2, 0.25) is 0 Å². The first-order valence-electron chi connectivity index (χ1n) is 8.46. The molecule has 2 aromatic rings. The number of amides is 1. The third-order valence-electron chi connectivity index (χ3n) is 3.80. The van der Waals surface area contributed by atoms with Crippen molar-refractivity contribution in [2.24, 2.45) is 0 Å². The molecule has 27 heavy (non-hydrogen) atoms. The number of carbonyl (C=O) groups excluding carboxylic acids is 2. The molecular formula is C21H23NO5. The van der Waals surface area contributed by atoms with Gasteiger partial charge in [0.25, 0.3) is 5.91 Å². The van der Waals surface area contributed by atoms with Crippen molar-refractivity contribution >= 4 is 18.0 Å². The first-order valence-corrected chi connectivity index (χ1v) is 8.46. The van der Waals surface area contributed by atoms with Crippen LogP contribution in [0.5, 0.6) is 11.5 Å². The highest BCUT2D eigenvalue weighted by molar-refractivity contribution is 5.90. The van der Waals surface area contributed by atoms with Gasteiger partial charge in [0.2, 0.25) is 0 Å². The molecule has 0 fully saturated rings. The Morgan fingerprint density at radius 2 is 1.78 bits per heavy atom. The molecule has 0 aliphatic carbocycles. The van der Waals surface area contributed by atoms with E-state index in [1.165, 1.54) is 27.2 Å². The molecule has 1 atom stereocenters. The van der Waals surface area contributed by atoms with Crippen molar-refractivity contribution < 1.29 is 23.8 Å². The van der Waals surface area contributed by atoms with Crippen LogP contribution in [0.25, 0.3) is 6.08 Å². The van der Waals surface area contributed by atoms with Gasteiger partial charge in [-0.3, -0.25) is 4.79 Å². The second-order valence-corrected chi connectivity index (χ2v) is 5.70. The van der Waals surface area contributed by atoms with Gasteiger partial charge in [0.15, 0.2) is 17.6 Å². The van der Waals surface area contributed by atoms with Crippen molar-refractivity contribution in [3.05, 3.63) is 65.7 Å². The summed E-state index contributed by atoms with van der Waals surface area (Å²) in [6.45, 7) is 1.90. The first kappa shape index (κ1) is 20.0. The van der Waals surface area contributed by atoms with Crippen molar-refractivity contribution in [1.82, 2.24) is 5.32 Å². The monoisotopic (exact) mass is 369 g/mol. The van der Waals surface area contributed by atoms with Gasteiger partial charge in [-0.25, -0.2) is 4.79 Å². The molecule has 0 unspecified atom stereocenters. The van der Waals surface area contributed by atoms with Crippen molar-refractivity contribution in [3.63, 3.8) is 0 Å². The minimum absolute atomic E-state index is 0.362. The molecule has 0 radical (unpaired) electrons. The fraction of sp³-hybridized carbons (Fsp3) is 0.238. The summed E-state index contributed by atoms with van der Waals surface area (Å²) < 4.78 is 15.7. The van der Waals surface area contributed by atoms with E-state index in [-0.39, 0.29) is 5.91 Å². The first-order chi connectivity index (χ1) is 13.0. The van der Waals surface area contributed by atoms with Gasteiger partial charge in [0.05, 0.1) is 14.2 Å². The number of ether oxygens (including phenoxy) is 3. The van der Waals surface area contributed by atoms with E-state index in [1.54, 1.807) is 24.3 Å². The Bertz CT molecular complexity index is 801. The number of esters is 1. The summed E-state index contributed by atoms with van der Waals surface area (Å²) in [5, 5.41) is 2.73. The predicted octanol–water partition coefficient (Wildman–Crippen LogP) is 2.97. The summed E-state index contributed by atoms with van der Waals surface area (Å²) in [5.41, 5.74) is 1.63.